The Morgan fingerprint density at radius 3 is 2.47 bits per heavy atom. The summed E-state index contributed by atoms with van der Waals surface area (Å²) in [5.74, 6) is 2.70. The third-order valence-corrected chi connectivity index (χ3v) is 2.86. The zero-order valence-electron chi connectivity index (χ0n) is 11.7. The molecule has 1 aromatic heterocycles. The molecule has 0 aliphatic heterocycles. The number of nitrogens with zero attached hydrogens (tertiary/aromatic N) is 2. The second-order valence-electron chi connectivity index (χ2n) is 5.01. The summed E-state index contributed by atoms with van der Waals surface area (Å²) in [6.45, 7) is 10.2. The van der Waals surface area contributed by atoms with Gasteiger partial charge in [-0.05, 0) is 5.92 Å². The van der Waals surface area contributed by atoms with E-state index < -0.39 is 0 Å². The lowest BCUT2D eigenvalue weighted by Gasteiger charge is -2.12. The number of methoxy groups -OCH3 is 1. The van der Waals surface area contributed by atoms with Crippen LogP contribution in [0.3, 0.4) is 0 Å². The molecule has 4 nitrogen and oxygen atoms in total. The standard InChI is InChI=1S/C13H25N3O/c1-6-11-15-12(10(4)8-17-5)13(14)16(11)7-9(2)3/h9-10H,6-8,14H2,1-5H3. The normalized spacial score (nSPS) is 13.3. The fourth-order valence-corrected chi connectivity index (χ4v) is 2.06. The van der Waals surface area contributed by atoms with Gasteiger partial charge in [0.1, 0.15) is 11.6 Å². The van der Waals surface area contributed by atoms with E-state index in [0.29, 0.717) is 12.5 Å². The first kappa shape index (κ1) is 14.0. The number of imidazole rings is 1. The summed E-state index contributed by atoms with van der Waals surface area (Å²) < 4.78 is 7.32. The SMILES string of the molecule is CCc1nc(C(C)COC)c(N)n1CC(C)C. The maximum atomic E-state index is 6.20. The number of anilines is 1. The minimum atomic E-state index is 0.249. The molecule has 1 aromatic rings. The van der Waals surface area contributed by atoms with Crippen molar-refractivity contribution in [3.8, 4) is 0 Å². The van der Waals surface area contributed by atoms with E-state index in [4.69, 9.17) is 10.5 Å². The predicted octanol–water partition coefficient (Wildman–Crippen LogP) is 2.43. The van der Waals surface area contributed by atoms with Crippen LogP contribution in [-0.4, -0.2) is 23.3 Å². The van der Waals surface area contributed by atoms with Gasteiger partial charge in [0, 0.05) is 26.0 Å². The summed E-state index contributed by atoms with van der Waals surface area (Å²) in [5, 5.41) is 0. The Labute approximate surface area is 104 Å². The molecule has 0 saturated carbocycles. The minimum absolute atomic E-state index is 0.249. The molecule has 0 bridgehead atoms. The van der Waals surface area contributed by atoms with Gasteiger partial charge < -0.3 is 15.0 Å². The summed E-state index contributed by atoms with van der Waals surface area (Å²) in [5.41, 5.74) is 7.18. The van der Waals surface area contributed by atoms with Gasteiger partial charge in [-0.3, -0.25) is 0 Å². The lowest BCUT2D eigenvalue weighted by molar-refractivity contribution is 0.183. The minimum Gasteiger partial charge on any atom is -0.384 e. The number of hydrogen-bond donors (Lipinski definition) is 1. The molecule has 0 aromatic carbocycles. The van der Waals surface area contributed by atoms with Crippen molar-refractivity contribution in [1.29, 1.82) is 0 Å². The monoisotopic (exact) mass is 239 g/mol. The van der Waals surface area contributed by atoms with Crippen molar-refractivity contribution in [2.45, 2.75) is 46.6 Å². The lowest BCUT2D eigenvalue weighted by atomic mass is 10.1. The Morgan fingerprint density at radius 1 is 1.35 bits per heavy atom. The van der Waals surface area contributed by atoms with Gasteiger partial charge in [-0.15, -0.1) is 0 Å². The van der Waals surface area contributed by atoms with Gasteiger partial charge in [0.2, 0.25) is 0 Å². The number of nitrogen functional groups attached to an aromatic ring is 1. The highest BCUT2D eigenvalue weighted by Crippen LogP contribution is 2.24. The molecular weight excluding hydrogens is 214 g/mol. The van der Waals surface area contributed by atoms with Crippen molar-refractivity contribution in [1.82, 2.24) is 9.55 Å². The molecule has 4 heteroatoms. The second kappa shape index (κ2) is 6.05. The Kier molecular flexibility index (Phi) is 5.00. The number of nitrogens with two attached hydrogens (primary N) is 1. The molecule has 0 radical (unpaired) electrons. The van der Waals surface area contributed by atoms with Crippen molar-refractivity contribution in [3.05, 3.63) is 11.5 Å². The maximum absolute atomic E-state index is 6.20. The third kappa shape index (κ3) is 3.22. The molecule has 17 heavy (non-hydrogen) atoms. The van der Waals surface area contributed by atoms with Crippen molar-refractivity contribution in [2.75, 3.05) is 19.5 Å². The highest BCUT2D eigenvalue weighted by atomic mass is 16.5. The number of rotatable bonds is 6. The zero-order chi connectivity index (χ0) is 13.0. The van der Waals surface area contributed by atoms with Crippen LogP contribution < -0.4 is 5.73 Å². The average molecular weight is 239 g/mol. The van der Waals surface area contributed by atoms with E-state index in [0.717, 1.165) is 30.3 Å². The lowest BCUT2D eigenvalue weighted by Crippen LogP contribution is -2.12. The van der Waals surface area contributed by atoms with E-state index in [1.165, 1.54) is 0 Å². The van der Waals surface area contributed by atoms with Gasteiger partial charge in [0.05, 0.1) is 12.3 Å². The number of hydrogen-bond acceptors (Lipinski definition) is 3. The molecule has 1 atom stereocenters. The van der Waals surface area contributed by atoms with E-state index >= 15 is 0 Å². The fraction of sp³-hybridized carbons (Fsp3) is 0.769. The third-order valence-electron chi connectivity index (χ3n) is 2.86. The quantitative estimate of drug-likeness (QED) is 0.829. The zero-order valence-corrected chi connectivity index (χ0v) is 11.7. The van der Waals surface area contributed by atoms with Crippen LogP contribution in [0.15, 0.2) is 0 Å². The van der Waals surface area contributed by atoms with Crippen LogP contribution in [0.25, 0.3) is 0 Å². The van der Waals surface area contributed by atoms with Gasteiger partial charge in [-0.2, -0.15) is 0 Å². The Bertz CT molecular complexity index is 358. The van der Waals surface area contributed by atoms with Gasteiger partial charge in [0.25, 0.3) is 0 Å². The molecule has 98 valence electrons. The summed E-state index contributed by atoms with van der Waals surface area (Å²) >= 11 is 0. The summed E-state index contributed by atoms with van der Waals surface area (Å²) in [7, 11) is 1.71. The van der Waals surface area contributed by atoms with Gasteiger partial charge in [-0.1, -0.05) is 27.7 Å². The predicted molar refractivity (Wildman–Crippen MR) is 71.1 cm³/mol. The second-order valence-corrected chi connectivity index (χ2v) is 5.01. The van der Waals surface area contributed by atoms with Crippen LogP contribution >= 0.6 is 0 Å². The molecule has 0 fully saturated rings. The molecule has 1 rings (SSSR count). The molecule has 1 heterocycles. The fourth-order valence-electron chi connectivity index (χ4n) is 2.06. The highest BCUT2D eigenvalue weighted by Gasteiger charge is 2.18. The van der Waals surface area contributed by atoms with E-state index in [-0.39, 0.29) is 5.92 Å². The Balaban J connectivity index is 3.04. The van der Waals surface area contributed by atoms with Crippen molar-refractivity contribution < 1.29 is 4.74 Å². The van der Waals surface area contributed by atoms with Crippen LogP contribution in [0.1, 0.15) is 45.1 Å². The van der Waals surface area contributed by atoms with Crippen LogP contribution in [0.2, 0.25) is 0 Å². The summed E-state index contributed by atoms with van der Waals surface area (Å²) in [4.78, 5) is 4.66. The molecule has 0 spiro atoms. The first-order chi connectivity index (χ1) is 8.01. The van der Waals surface area contributed by atoms with Crippen LogP contribution in [-0.2, 0) is 17.7 Å². The van der Waals surface area contributed by atoms with Crippen molar-refractivity contribution in [3.63, 3.8) is 0 Å². The molecule has 0 aliphatic rings. The first-order valence-corrected chi connectivity index (χ1v) is 6.34. The molecule has 2 N–H and O–H groups in total. The smallest absolute Gasteiger partial charge is 0.127 e. The van der Waals surface area contributed by atoms with E-state index in [1.807, 2.05) is 0 Å². The topological polar surface area (TPSA) is 53.1 Å². The largest absolute Gasteiger partial charge is 0.384 e. The number of ether oxygens (including phenoxy) is 1. The van der Waals surface area contributed by atoms with Crippen LogP contribution in [0.5, 0.6) is 0 Å². The van der Waals surface area contributed by atoms with Crippen molar-refractivity contribution >= 4 is 5.82 Å². The van der Waals surface area contributed by atoms with E-state index in [1.54, 1.807) is 7.11 Å². The number of aromatic nitrogens is 2. The molecule has 0 amide bonds. The molecular formula is C13H25N3O. The van der Waals surface area contributed by atoms with Gasteiger partial charge in [0.15, 0.2) is 0 Å². The maximum Gasteiger partial charge on any atom is 0.127 e. The molecule has 0 aliphatic carbocycles. The highest BCUT2D eigenvalue weighted by molar-refractivity contribution is 5.40. The Morgan fingerprint density at radius 2 is 2.00 bits per heavy atom. The molecule has 0 saturated heterocycles. The average Bonchev–Trinajstić information content (AvgIpc) is 2.56. The Hall–Kier alpha value is -1.03. The van der Waals surface area contributed by atoms with Gasteiger partial charge >= 0.3 is 0 Å². The van der Waals surface area contributed by atoms with E-state index in [9.17, 15) is 0 Å². The van der Waals surface area contributed by atoms with Gasteiger partial charge in [-0.25, -0.2) is 4.98 Å². The van der Waals surface area contributed by atoms with Crippen LogP contribution in [0.4, 0.5) is 5.82 Å². The summed E-state index contributed by atoms with van der Waals surface area (Å²) in [6.07, 6.45) is 0.913. The summed E-state index contributed by atoms with van der Waals surface area (Å²) in [6, 6.07) is 0. The molecule has 1 unspecified atom stereocenters. The first-order valence-electron chi connectivity index (χ1n) is 6.34. The van der Waals surface area contributed by atoms with Crippen molar-refractivity contribution in [2.24, 2.45) is 5.92 Å². The van der Waals surface area contributed by atoms with Crippen LogP contribution in [0, 0.1) is 5.92 Å². The number of aryl methyl sites for hydroxylation is 1. The van der Waals surface area contributed by atoms with E-state index in [2.05, 4.69) is 37.2 Å².